The molecule has 4 rings (SSSR count). The number of nitrogens with zero attached hydrogens (tertiary/aromatic N) is 1. The summed E-state index contributed by atoms with van der Waals surface area (Å²) in [6, 6.07) is 19.4. The van der Waals surface area contributed by atoms with Crippen LogP contribution in [0, 0.1) is 0 Å². The smallest absolute Gasteiger partial charge is 0.380 e. The maximum Gasteiger partial charge on any atom is 0.416 e. The minimum atomic E-state index is -4.49. The standard InChI is InChI=1S/C24H16ClF3N2OS/c25-17-8-9-23-15(10-17)11-19(32-23)13-29-21-7-2-1-6-20(21)22(14-31)30-18-5-3-4-16(12-18)24(26,27)28/h1-12,14,29H,13H2. The molecule has 0 radical (unpaired) electrons. The number of anilines is 1. The van der Waals surface area contributed by atoms with E-state index in [1.807, 2.05) is 30.3 Å². The van der Waals surface area contributed by atoms with Crippen LogP contribution in [-0.4, -0.2) is 12.0 Å². The van der Waals surface area contributed by atoms with Crippen molar-refractivity contribution in [3.8, 4) is 0 Å². The molecule has 3 nitrogen and oxygen atoms in total. The largest absolute Gasteiger partial charge is 0.416 e. The Morgan fingerprint density at radius 2 is 1.84 bits per heavy atom. The van der Waals surface area contributed by atoms with E-state index in [2.05, 4.69) is 10.3 Å². The van der Waals surface area contributed by atoms with Crippen molar-refractivity contribution in [2.24, 2.45) is 4.99 Å². The summed E-state index contributed by atoms with van der Waals surface area (Å²) in [5, 5.41) is 5.02. The lowest BCUT2D eigenvalue weighted by Gasteiger charge is -2.11. The van der Waals surface area contributed by atoms with Crippen LogP contribution in [0.15, 0.2) is 77.8 Å². The van der Waals surface area contributed by atoms with Crippen LogP contribution in [0.3, 0.4) is 0 Å². The summed E-state index contributed by atoms with van der Waals surface area (Å²) >= 11 is 7.68. The van der Waals surface area contributed by atoms with E-state index < -0.39 is 11.7 Å². The van der Waals surface area contributed by atoms with Gasteiger partial charge in [0.2, 0.25) is 0 Å². The van der Waals surface area contributed by atoms with Gasteiger partial charge >= 0.3 is 6.18 Å². The average Bonchev–Trinajstić information content (AvgIpc) is 3.18. The van der Waals surface area contributed by atoms with Gasteiger partial charge in [0.05, 0.1) is 11.3 Å². The molecule has 1 aromatic heterocycles. The molecule has 162 valence electrons. The summed E-state index contributed by atoms with van der Waals surface area (Å²) in [5.74, 6) is 0. The van der Waals surface area contributed by atoms with Crippen molar-refractivity contribution < 1.29 is 18.0 Å². The molecule has 0 atom stereocenters. The number of fused-ring (bicyclic) bond motifs is 1. The molecule has 3 aromatic carbocycles. The van der Waals surface area contributed by atoms with Crippen LogP contribution >= 0.6 is 22.9 Å². The zero-order valence-electron chi connectivity index (χ0n) is 16.5. The Bertz CT molecular complexity index is 1310. The van der Waals surface area contributed by atoms with Gasteiger partial charge in [-0.2, -0.15) is 13.2 Å². The molecular formula is C24H16ClF3N2OS. The molecule has 8 heteroatoms. The quantitative estimate of drug-likeness (QED) is 0.233. The van der Waals surface area contributed by atoms with Crippen molar-refractivity contribution in [2.45, 2.75) is 12.7 Å². The summed E-state index contributed by atoms with van der Waals surface area (Å²) in [7, 11) is 0. The number of para-hydroxylation sites is 1. The molecule has 0 aliphatic rings. The van der Waals surface area contributed by atoms with E-state index in [4.69, 9.17) is 11.6 Å². The maximum absolute atomic E-state index is 13.0. The Morgan fingerprint density at radius 1 is 1.03 bits per heavy atom. The van der Waals surface area contributed by atoms with Crippen LogP contribution in [0.1, 0.15) is 16.0 Å². The van der Waals surface area contributed by atoms with Crippen molar-refractivity contribution in [1.82, 2.24) is 0 Å². The number of hydrogen-bond donors (Lipinski definition) is 1. The predicted octanol–water partition coefficient (Wildman–Crippen LogP) is 7.51. The highest BCUT2D eigenvalue weighted by Crippen LogP contribution is 2.32. The molecular weight excluding hydrogens is 457 g/mol. The monoisotopic (exact) mass is 472 g/mol. The molecule has 0 spiro atoms. The van der Waals surface area contributed by atoms with Gasteiger partial charge in [-0.3, -0.25) is 4.79 Å². The lowest BCUT2D eigenvalue weighted by molar-refractivity contribution is -0.137. The Labute approximate surface area is 191 Å². The second-order valence-corrected chi connectivity index (χ2v) is 8.56. The van der Waals surface area contributed by atoms with E-state index in [1.165, 1.54) is 12.1 Å². The van der Waals surface area contributed by atoms with Crippen LogP contribution in [-0.2, 0) is 17.5 Å². The first-order valence-corrected chi connectivity index (χ1v) is 10.8. The number of benzene rings is 3. The van der Waals surface area contributed by atoms with Gasteiger partial charge < -0.3 is 5.32 Å². The Kier molecular flexibility index (Phi) is 6.30. The number of rotatable bonds is 6. The minimum absolute atomic E-state index is 0.0375. The third-order valence-corrected chi connectivity index (χ3v) is 6.07. The van der Waals surface area contributed by atoms with E-state index in [1.54, 1.807) is 29.5 Å². The second-order valence-electron chi connectivity index (χ2n) is 6.96. The molecule has 4 aromatic rings. The van der Waals surface area contributed by atoms with Crippen LogP contribution < -0.4 is 5.32 Å². The number of nitrogens with one attached hydrogen (secondary N) is 1. The number of carbonyl (C=O) groups excluding carboxylic acids is 1. The highest BCUT2D eigenvalue weighted by Gasteiger charge is 2.30. The van der Waals surface area contributed by atoms with Crippen molar-refractivity contribution in [3.63, 3.8) is 0 Å². The lowest BCUT2D eigenvalue weighted by atomic mass is 10.1. The fraction of sp³-hybridized carbons (Fsp3) is 0.0833. The van der Waals surface area contributed by atoms with Gasteiger partial charge in [-0.1, -0.05) is 35.9 Å². The predicted molar refractivity (Wildman–Crippen MR) is 124 cm³/mol. The number of aldehydes is 1. The molecule has 1 N–H and O–H groups in total. The Balaban J connectivity index is 1.61. The van der Waals surface area contributed by atoms with Crippen molar-refractivity contribution in [3.05, 3.63) is 93.8 Å². The number of aliphatic imine (C=N–C) groups is 1. The van der Waals surface area contributed by atoms with Crippen molar-refractivity contribution >= 4 is 56.4 Å². The van der Waals surface area contributed by atoms with Gasteiger partial charge in [0.25, 0.3) is 0 Å². The molecule has 0 unspecified atom stereocenters. The summed E-state index contributed by atoms with van der Waals surface area (Å²) in [6.07, 6.45) is -3.94. The zero-order valence-corrected chi connectivity index (χ0v) is 18.1. The second kappa shape index (κ2) is 9.14. The van der Waals surface area contributed by atoms with E-state index >= 15 is 0 Å². The van der Waals surface area contributed by atoms with Gasteiger partial charge in [-0.05, 0) is 53.9 Å². The number of halogens is 4. The van der Waals surface area contributed by atoms with Crippen LogP contribution in [0.2, 0.25) is 5.02 Å². The van der Waals surface area contributed by atoms with Crippen molar-refractivity contribution in [1.29, 1.82) is 0 Å². The fourth-order valence-corrected chi connectivity index (χ4v) is 4.41. The molecule has 0 bridgehead atoms. The molecule has 0 saturated heterocycles. The van der Waals surface area contributed by atoms with Gasteiger partial charge in [0.15, 0.2) is 6.29 Å². The van der Waals surface area contributed by atoms with Crippen LogP contribution in [0.4, 0.5) is 24.5 Å². The topological polar surface area (TPSA) is 41.5 Å². The van der Waals surface area contributed by atoms with E-state index in [0.717, 1.165) is 27.1 Å². The summed E-state index contributed by atoms with van der Waals surface area (Å²) < 4.78 is 40.1. The minimum Gasteiger partial charge on any atom is -0.380 e. The van der Waals surface area contributed by atoms with Crippen molar-refractivity contribution in [2.75, 3.05) is 5.32 Å². The number of alkyl halides is 3. The lowest BCUT2D eigenvalue weighted by Crippen LogP contribution is -2.08. The molecule has 0 saturated carbocycles. The van der Waals surface area contributed by atoms with Crippen LogP contribution in [0.5, 0.6) is 0 Å². The highest BCUT2D eigenvalue weighted by atomic mass is 35.5. The first-order valence-electron chi connectivity index (χ1n) is 9.56. The number of thiophene rings is 1. The summed E-state index contributed by atoms with van der Waals surface area (Å²) in [5.41, 5.74) is 0.429. The molecule has 0 aliphatic heterocycles. The van der Waals surface area contributed by atoms with Crippen LogP contribution in [0.25, 0.3) is 10.1 Å². The first kappa shape index (κ1) is 22.0. The Morgan fingerprint density at radius 3 is 2.62 bits per heavy atom. The van der Waals surface area contributed by atoms with E-state index in [-0.39, 0.29) is 11.4 Å². The fourth-order valence-electron chi connectivity index (χ4n) is 3.24. The van der Waals surface area contributed by atoms with E-state index in [9.17, 15) is 18.0 Å². The summed E-state index contributed by atoms with van der Waals surface area (Å²) in [4.78, 5) is 17.0. The number of hydrogen-bond acceptors (Lipinski definition) is 4. The first-order chi connectivity index (χ1) is 15.3. The number of carbonyl (C=O) groups is 1. The zero-order chi connectivity index (χ0) is 22.7. The molecule has 0 fully saturated rings. The van der Waals surface area contributed by atoms with Gasteiger partial charge in [0.1, 0.15) is 5.71 Å². The SMILES string of the molecule is O=CC(=Nc1cccc(C(F)(F)F)c1)c1ccccc1NCc1cc2cc(Cl)ccc2s1. The van der Waals surface area contributed by atoms with E-state index in [0.29, 0.717) is 29.1 Å². The normalized spacial score (nSPS) is 12.2. The maximum atomic E-state index is 13.0. The molecule has 0 aliphatic carbocycles. The van der Waals surface area contributed by atoms with Gasteiger partial charge in [0, 0.05) is 32.4 Å². The third-order valence-electron chi connectivity index (χ3n) is 4.72. The highest BCUT2D eigenvalue weighted by molar-refractivity contribution is 7.19. The van der Waals surface area contributed by atoms with Gasteiger partial charge in [-0.25, -0.2) is 4.99 Å². The molecule has 1 heterocycles. The molecule has 0 amide bonds. The molecule has 32 heavy (non-hydrogen) atoms. The third kappa shape index (κ3) is 5.00. The summed E-state index contributed by atoms with van der Waals surface area (Å²) in [6.45, 7) is 0.504. The Hall–Kier alpha value is -3.16. The van der Waals surface area contributed by atoms with Gasteiger partial charge in [-0.15, -0.1) is 11.3 Å². The average molecular weight is 473 g/mol.